The number of rotatable bonds is 7. The number of alkyl halides is 1. The van der Waals surface area contributed by atoms with Crippen molar-refractivity contribution in [2.24, 2.45) is 5.92 Å². The van der Waals surface area contributed by atoms with Crippen molar-refractivity contribution in [3.05, 3.63) is 53.8 Å². The van der Waals surface area contributed by atoms with Gasteiger partial charge in [0.05, 0.1) is 10.2 Å². The van der Waals surface area contributed by atoms with E-state index >= 15 is 0 Å². The van der Waals surface area contributed by atoms with E-state index in [4.69, 9.17) is 4.43 Å². The van der Waals surface area contributed by atoms with Crippen molar-refractivity contribution in [1.29, 1.82) is 0 Å². The average molecular weight is 466 g/mol. The zero-order chi connectivity index (χ0) is 21.3. The largest absolute Gasteiger partial charge is 0.543 e. The highest BCUT2D eigenvalue weighted by molar-refractivity contribution is 9.09. The topological polar surface area (TPSA) is 46.5 Å². The Kier molecular flexibility index (Phi) is 7.03. The molecule has 2 rings (SSSR count). The Labute approximate surface area is 179 Å². The first-order valence-electron chi connectivity index (χ1n) is 10.0. The van der Waals surface area contributed by atoms with Crippen LogP contribution in [0.3, 0.4) is 0 Å². The van der Waals surface area contributed by atoms with E-state index in [1.807, 2.05) is 24.3 Å². The van der Waals surface area contributed by atoms with Gasteiger partial charge in [-0.3, -0.25) is 4.79 Å². The van der Waals surface area contributed by atoms with Crippen LogP contribution in [-0.4, -0.2) is 19.2 Å². The molecule has 1 aliphatic rings. The Bertz CT molecular complexity index is 760. The van der Waals surface area contributed by atoms with Gasteiger partial charge in [-0.15, -0.1) is 0 Å². The molecule has 5 heteroatoms. The highest BCUT2D eigenvalue weighted by Crippen LogP contribution is 2.49. The third-order valence-electron chi connectivity index (χ3n) is 5.99. The van der Waals surface area contributed by atoms with Crippen LogP contribution in [0, 0.1) is 5.92 Å². The van der Waals surface area contributed by atoms with Crippen LogP contribution in [0.25, 0.3) is 0 Å². The van der Waals surface area contributed by atoms with Crippen LogP contribution in [0.1, 0.15) is 54.0 Å². The molecule has 1 aromatic carbocycles. The highest BCUT2D eigenvalue weighted by Gasteiger charge is 2.48. The molecule has 2 unspecified atom stereocenters. The summed E-state index contributed by atoms with van der Waals surface area (Å²) in [4.78, 5) is 12.4. The van der Waals surface area contributed by atoms with Crippen LogP contribution >= 0.6 is 15.9 Å². The molecule has 1 aromatic rings. The second-order valence-electron chi connectivity index (χ2n) is 8.73. The van der Waals surface area contributed by atoms with E-state index in [-0.39, 0.29) is 17.5 Å². The minimum Gasteiger partial charge on any atom is -0.543 e. The van der Waals surface area contributed by atoms with Crippen LogP contribution in [0.4, 0.5) is 0 Å². The molecular weight excluding hydrogens is 432 g/mol. The van der Waals surface area contributed by atoms with E-state index in [2.05, 4.69) is 57.5 Å². The molecule has 28 heavy (non-hydrogen) atoms. The predicted molar refractivity (Wildman–Crippen MR) is 122 cm³/mol. The molecule has 0 spiro atoms. The fraction of sp³-hybridized carbons (Fsp3) is 0.522. The SMILES string of the molecule is CC(=O)C1C=CC(O[Si](C(C)C)(C(C)C)C(C)C)=CC1(Br)c1cccc(O)c1. The Hall–Kier alpha value is -1.33. The Morgan fingerprint density at radius 1 is 1.14 bits per heavy atom. The number of aromatic hydroxyl groups is 1. The Morgan fingerprint density at radius 3 is 2.18 bits per heavy atom. The average Bonchev–Trinajstić information content (AvgIpc) is 2.58. The Balaban J connectivity index is 2.57. The van der Waals surface area contributed by atoms with Crippen LogP contribution in [-0.2, 0) is 13.5 Å². The lowest BCUT2D eigenvalue weighted by atomic mass is 9.80. The van der Waals surface area contributed by atoms with Gasteiger partial charge in [0.25, 0.3) is 8.32 Å². The van der Waals surface area contributed by atoms with E-state index in [1.54, 1.807) is 25.1 Å². The summed E-state index contributed by atoms with van der Waals surface area (Å²) in [5.74, 6) is 0.682. The molecule has 0 aliphatic heterocycles. The molecule has 0 saturated heterocycles. The van der Waals surface area contributed by atoms with Gasteiger partial charge in [-0.2, -0.15) is 0 Å². The van der Waals surface area contributed by atoms with Gasteiger partial charge in [-0.05, 0) is 53.4 Å². The molecule has 1 aliphatic carbocycles. The number of ketones is 1. The number of allylic oxidation sites excluding steroid dienone is 3. The fourth-order valence-corrected chi connectivity index (χ4v) is 10.9. The molecule has 0 fully saturated rings. The van der Waals surface area contributed by atoms with Crippen molar-refractivity contribution in [1.82, 2.24) is 0 Å². The van der Waals surface area contributed by atoms with Gasteiger partial charge in [-0.25, -0.2) is 0 Å². The third kappa shape index (κ3) is 4.15. The Morgan fingerprint density at radius 2 is 1.71 bits per heavy atom. The van der Waals surface area contributed by atoms with E-state index in [9.17, 15) is 9.90 Å². The number of carbonyl (C=O) groups excluding carboxylic acids is 1. The number of hydrogen-bond acceptors (Lipinski definition) is 3. The van der Waals surface area contributed by atoms with Gasteiger partial charge in [0, 0.05) is 0 Å². The molecule has 0 amide bonds. The van der Waals surface area contributed by atoms with Gasteiger partial charge < -0.3 is 9.53 Å². The molecule has 0 bridgehead atoms. The normalized spacial score (nSPS) is 22.7. The van der Waals surface area contributed by atoms with Crippen LogP contribution in [0.5, 0.6) is 5.75 Å². The molecule has 1 N–H and O–H groups in total. The van der Waals surface area contributed by atoms with Crippen molar-refractivity contribution in [3.8, 4) is 5.75 Å². The van der Waals surface area contributed by atoms with Gasteiger partial charge >= 0.3 is 0 Å². The summed E-state index contributed by atoms with van der Waals surface area (Å²) < 4.78 is 6.10. The monoisotopic (exact) mass is 464 g/mol. The van der Waals surface area contributed by atoms with Crippen molar-refractivity contribution in [3.63, 3.8) is 0 Å². The molecule has 0 heterocycles. The summed E-state index contributed by atoms with van der Waals surface area (Å²) in [5, 5.41) is 9.98. The summed E-state index contributed by atoms with van der Waals surface area (Å²) in [6, 6.07) is 7.06. The first-order valence-corrected chi connectivity index (χ1v) is 13.0. The van der Waals surface area contributed by atoms with Crippen LogP contribution < -0.4 is 0 Å². The van der Waals surface area contributed by atoms with E-state index in [0.717, 1.165) is 11.3 Å². The van der Waals surface area contributed by atoms with Crippen molar-refractivity contribution in [2.45, 2.75) is 69.4 Å². The third-order valence-corrected chi connectivity index (χ3v) is 13.2. The minimum absolute atomic E-state index is 0.0619. The lowest BCUT2D eigenvalue weighted by molar-refractivity contribution is -0.119. The fourth-order valence-electron chi connectivity index (χ4n) is 4.74. The van der Waals surface area contributed by atoms with Gasteiger partial charge in [0.1, 0.15) is 17.3 Å². The van der Waals surface area contributed by atoms with Gasteiger partial charge in [-0.1, -0.05) is 75.7 Å². The molecule has 154 valence electrons. The molecule has 0 radical (unpaired) electrons. The first-order chi connectivity index (χ1) is 12.9. The number of benzene rings is 1. The standard InChI is InChI=1S/C23H33BrO3Si/c1-15(2)28(16(3)4,17(5)6)27-21-11-12-22(18(7)25)23(24,14-21)19-9-8-10-20(26)13-19/h8-17,22,26H,1-7H3. The molecule has 3 nitrogen and oxygen atoms in total. The second-order valence-corrected chi connectivity index (χ2v) is 15.4. The summed E-state index contributed by atoms with van der Waals surface area (Å²) in [6.45, 7) is 15.1. The summed E-state index contributed by atoms with van der Waals surface area (Å²) in [5.41, 5.74) is 2.21. The maximum absolute atomic E-state index is 12.4. The number of halogens is 1. The van der Waals surface area contributed by atoms with E-state index in [1.165, 1.54) is 0 Å². The second kappa shape index (κ2) is 8.58. The van der Waals surface area contributed by atoms with Crippen molar-refractivity contribution >= 4 is 30.0 Å². The lowest BCUT2D eigenvalue weighted by Crippen LogP contribution is -2.48. The maximum atomic E-state index is 12.4. The number of carbonyl (C=O) groups is 1. The molecule has 0 aromatic heterocycles. The van der Waals surface area contributed by atoms with Crippen molar-refractivity contribution < 1.29 is 14.3 Å². The lowest BCUT2D eigenvalue weighted by Gasteiger charge is -2.44. The summed E-state index contributed by atoms with van der Waals surface area (Å²) >= 11 is 3.84. The quantitative estimate of drug-likeness (QED) is 0.355. The smallest absolute Gasteiger partial charge is 0.258 e. The molecular formula is C23H33BrO3Si. The van der Waals surface area contributed by atoms with Crippen LogP contribution in [0.2, 0.25) is 16.6 Å². The van der Waals surface area contributed by atoms with E-state index in [0.29, 0.717) is 16.6 Å². The van der Waals surface area contributed by atoms with Crippen LogP contribution in [0.15, 0.2) is 48.3 Å². The highest BCUT2D eigenvalue weighted by atomic mass is 79.9. The summed E-state index contributed by atoms with van der Waals surface area (Å²) in [7, 11) is -2.11. The van der Waals surface area contributed by atoms with Crippen molar-refractivity contribution in [2.75, 3.05) is 0 Å². The van der Waals surface area contributed by atoms with E-state index < -0.39 is 12.6 Å². The molecule has 2 atom stereocenters. The first kappa shape index (κ1) is 23.0. The molecule has 0 saturated carbocycles. The number of Topliss-reactive ketones (excluding diaryl/α,β-unsaturated/α-hetero) is 1. The number of phenols is 1. The maximum Gasteiger partial charge on any atom is 0.258 e. The summed E-state index contributed by atoms with van der Waals surface area (Å²) in [6.07, 6.45) is 5.89. The number of phenolic OH excluding ortho intramolecular Hbond substituents is 1. The number of hydrogen-bond donors (Lipinski definition) is 1. The zero-order valence-corrected chi connectivity index (χ0v) is 20.6. The zero-order valence-electron chi connectivity index (χ0n) is 18.0. The minimum atomic E-state index is -2.11. The van der Waals surface area contributed by atoms with Gasteiger partial charge in [0.15, 0.2) is 0 Å². The van der Waals surface area contributed by atoms with Gasteiger partial charge in [0.2, 0.25) is 0 Å². The predicted octanol–water partition coefficient (Wildman–Crippen LogP) is 6.83.